The molecular formula is C21H25N5O3. The van der Waals surface area contributed by atoms with Crippen molar-refractivity contribution in [2.24, 2.45) is 5.92 Å². The van der Waals surface area contributed by atoms with E-state index >= 15 is 0 Å². The van der Waals surface area contributed by atoms with Crippen LogP contribution in [0, 0.1) is 12.8 Å². The molecule has 152 valence electrons. The maximum Gasteiger partial charge on any atom is 0.224 e. The third kappa shape index (κ3) is 4.22. The third-order valence-corrected chi connectivity index (χ3v) is 5.23. The molecule has 1 N–H and O–H groups in total. The minimum atomic E-state index is -0.0938. The Labute approximate surface area is 169 Å². The van der Waals surface area contributed by atoms with Crippen molar-refractivity contribution in [1.29, 1.82) is 0 Å². The lowest BCUT2D eigenvalue weighted by Gasteiger charge is -2.10. The van der Waals surface area contributed by atoms with Gasteiger partial charge in [-0.15, -0.1) is 0 Å². The van der Waals surface area contributed by atoms with E-state index < -0.39 is 0 Å². The number of nitrogens with zero attached hydrogens (tertiary/aromatic N) is 5. The molecule has 0 aliphatic heterocycles. The van der Waals surface area contributed by atoms with Gasteiger partial charge < -0.3 is 14.6 Å². The summed E-state index contributed by atoms with van der Waals surface area (Å²) >= 11 is 0. The normalized spacial score (nSPS) is 19.0. The van der Waals surface area contributed by atoms with Crippen LogP contribution in [-0.4, -0.2) is 50.2 Å². The first-order valence-corrected chi connectivity index (χ1v) is 9.70. The Bertz CT molecular complexity index is 973. The summed E-state index contributed by atoms with van der Waals surface area (Å²) in [6, 6.07) is 3.86. The van der Waals surface area contributed by atoms with E-state index in [0.29, 0.717) is 30.1 Å². The molecule has 0 spiro atoms. The van der Waals surface area contributed by atoms with Crippen molar-refractivity contribution in [2.75, 3.05) is 20.3 Å². The number of aliphatic hydroxyl groups excluding tert-OH is 1. The lowest BCUT2D eigenvalue weighted by Crippen LogP contribution is -2.09. The smallest absolute Gasteiger partial charge is 0.224 e. The number of aromatic nitrogens is 5. The molecule has 3 heterocycles. The van der Waals surface area contributed by atoms with Gasteiger partial charge in [0.05, 0.1) is 44.3 Å². The summed E-state index contributed by atoms with van der Waals surface area (Å²) in [5, 5.41) is 13.7. The van der Waals surface area contributed by atoms with Gasteiger partial charge in [-0.25, -0.2) is 4.98 Å². The average Bonchev–Trinajstić information content (AvgIpc) is 3.37. The molecule has 1 saturated carbocycles. The van der Waals surface area contributed by atoms with Crippen LogP contribution >= 0.6 is 0 Å². The minimum absolute atomic E-state index is 0.0251. The predicted molar refractivity (Wildman–Crippen MR) is 107 cm³/mol. The van der Waals surface area contributed by atoms with Gasteiger partial charge in [-0.05, 0) is 32.4 Å². The van der Waals surface area contributed by atoms with E-state index in [1.54, 1.807) is 30.4 Å². The Hall–Kier alpha value is -3.00. The van der Waals surface area contributed by atoms with Crippen molar-refractivity contribution in [1.82, 2.24) is 24.7 Å². The molecule has 8 heteroatoms. The zero-order valence-corrected chi connectivity index (χ0v) is 16.8. The van der Waals surface area contributed by atoms with Crippen molar-refractivity contribution in [3.8, 4) is 22.8 Å². The van der Waals surface area contributed by atoms with Gasteiger partial charge in [-0.1, -0.05) is 0 Å². The standard InChI is InChI=1S/C21H25N5O3/c1-13(11-27)26-10-16(7-24-26)19-9-22-14(2)25-21(19)29-12-15-6-18(15)20-5-4-17(28-3)8-23-20/h4-5,7-10,13,15,18,27H,6,11-12H2,1-3H3/t13-,15+,18-/m0/s1. The monoisotopic (exact) mass is 395 g/mol. The summed E-state index contributed by atoms with van der Waals surface area (Å²) in [6.07, 6.45) is 8.18. The van der Waals surface area contributed by atoms with E-state index in [1.165, 1.54) is 0 Å². The molecule has 0 amide bonds. The molecule has 0 aromatic carbocycles. The largest absolute Gasteiger partial charge is 0.495 e. The highest BCUT2D eigenvalue weighted by Gasteiger charge is 2.40. The quantitative estimate of drug-likeness (QED) is 0.626. The predicted octanol–water partition coefficient (Wildman–Crippen LogP) is 2.79. The molecule has 8 nitrogen and oxygen atoms in total. The number of pyridine rings is 1. The van der Waals surface area contributed by atoms with E-state index in [-0.39, 0.29) is 12.6 Å². The molecule has 3 aromatic heterocycles. The first-order chi connectivity index (χ1) is 14.1. The van der Waals surface area contributed by atoms with E-state index in [2.05, 4.69) is 20.1 Å². The summed E-state index contributed by atoms with van der Waals surface area (Å²) in [4.78, 5) is 13.3. The first-order valence-electron chi connectivity index (χ1n) is 9.70. The van der Waals surface area contributed by atoms with Crippen LogP contribution in [-0.2, 0) is 0 Å². The number of aliphatic hydroxyl groups is 1. The van der Waals surface area contributed by atoms with E-state index in [9.17, 15) is 5.11 Å². The van der Waals surface area contributed by atoms with Crippen molar-refractivity contribution < 1.29 is 14.6 Å². The highest BCUT2D eigenvalue weighted by atomic mass is 16.5. The van der Waals surface area contributed by atoms with Gasteiger partial charge in [0, 0.05) is 35.5 Å². The van der Waals surface area contributed by atoms with Crippen LogP contribution in [0.15, 0.2) is 36.9 Å². The molecule has 29 heavy (non-hydrogen) atoms. The molecule has 1 aliphatic rings. The van der Waals surface area contributed by atoms with E-state index in [0.717, 1.165) is 29.0 Å². The van der Waals surface area contributed by atoms with Crippen LogP contribution < -0.4 is 9.47 Å². The Morgan fingerprint density at radius 3 is 2.83 bits per heavy atom. The second-order valence-electron chi connectivity index (χ2n) is 7.41. The maximum atomic E-state index is 9.34. The molecule has 3 atom stereocenters. The summed E-state index contributed by atoms with van der Waals surface area (Å²) in [5.41, 5.74) is 2.73. The second kappa shape index (κ2) is 8.16. The lowest BCUT2D eigenvalue weighted by atomic mass is 10.2. The zero-order valence-electron chi connectivity index (χ0n) is 16.8. The number of methoxy groups -OCH3 is 1. The summed E-state index contributed by atoms with van der Waals surface area (Å²) in [6.45, 7) is 4.34. The highest BCUT2D eigenvalue weighted by molar-refractivity contribution is 5.66. The van der Waals surface area contributed by atoms with Crippen molar-refractivity contribution in [2.45, 2.75) is 32.2 Å². The average molecular weight is 395 g/mol. The van der Waals surface area contributed by atoms with Crippen LogP contribution in [0.1, 0.15) is 36.8 Å². The second-order valence-corrected chi connectivity index (χ2v) is 7.41. The fourth-order valence-electron chi connectivity index (χ4n) is 3.27. The van der Waals surface area contributed by atoms with Crippen molar-refractivity contribution in [3.63, 3.8) is 0 Å². The highest BCUT2D eigenvalue weighted by Crippen LogP contribution is 2.47. The van der Waals surface area contributed by atoms with Crippen LogP contribution in [0.5, 0.6) is 11.6 Å². The van der Waals surface area contributed by atoms with Gasteiger partial charge in [0.1, 0.15) is 11.6 Å². The number of hydrogen-bond acceptors (Lipinski definition) is 7. The van der Waals surface area contributed by atoms with Crippen molar-refractivity contribution >= 4 is 0 Å². The van der Waals surface area contributed by atoms with Crippen LogP contribution in [0.3, 0.4) is 0 Å². The molecular weight excluding hydrogens is 370 g/mol. The number of rotatable bonds is 8. The van der Waals surface area contributed by atoms with Gasteiger partial charge in [-0.3, -0.25) is 9.67 Å². The fraction of sp³-hybridized carbons (Fsp3) is 0.429. The van der Waals surface area contributed by atoms with Gasteiger partial charge in [0.25, 0.3) is 0 Å². The molecule has 0 radical (unpaired) electrons. The lowest BCUT2D eigenvalue weighted by molar-refractivity contribution is 0.230. The Balaban J connectivity index is 1.45. The number of ether oxygens (including phenoxy) is 2. The van der Waals surface area contributed by atoms with Gasteiger partial charge >= 0.3 is 0 Å². The van der Waals surface area contributed by atoms with Crippen LogP contribution in [0.25, 0.3) is 11.1 Å². The van der Waals surface area contributed by atoms with Gasteiger partial charge in [-0.2, -0.15) is 10.1 Å². The van der Waals surface area contributed by atoms with Crippen LogP contribution in [0.4, 0.5) is 0 Å². The number of aryl methyl sites for hydroxylation is 1. The summed E-state index contributed by atoms with van der Waals surface area (Å²) in [7, 11) is 1.64. The van der Waals surface area contributed by atoms with Crippen LogP contribution in [0.2, 0.25) is 0 Å². The Morgan fingerprint density at radius 1 is 1.24 bits per heavy atom. The number of hydrogen-bond donors (Lipinski definition) is 1. The van der Waals surface area contributed by atoms with E-state index in [1.807, 2.05) is 32.2 Å². The Morgan fingerprint density at radius 2 is 2.10 bits per heavy atom. The molecule has 1 fully saturated rings. The topological polar surface area (TPSA) is 95.2 Å². The molecule has 3 aromatic rings. The SMILES string of the molecule is COc1ccc([C@H]2C[C@@H]2COc2nc(C)ncc2-c2cnn([C@@H](C)CO)c2)nc1. The molecule has 0 unspecified atom stereocenters. The first kappa shape index (κ1) is 19.3. The minimum Gasteiger partial charge on any atom is -0.495 e. The fourth-order valence-corrected chi connectivity index (χ4v) is 3.27. The zero-order chi connectivity index (χ0) is 20.4. The van der Waals surface area contributed by atoms with Gasteiger partial charge in [0.2, 0.25) is 5.88 Å². The maximum absolute atomic E-state index is 9.34. The summed E-state index contributed by atoms with van der Waals surface area (Å²) in [5.74, 6) is 2.79. The Kier molecular flexibility index (Phi) is 5.44. The van der Waals surface area contributed by atoms with Gasteiger partial charge in [0.15, 0.2) is 0 Å². The molecule has 0 saturated heterocycles. The van der Waals surface area contributed by atoms with Crippen molar-refractivity contribution in [3.05, 3.63) is 48.4 Å². The van der Waals surface area contributed by atoms with E-state index in [4.69, 9.17) is 9.47 Å². The molecule has 1 aliphatic carbocycles. The molecule has 4 rings (SSSR count). The summed E-state index contributed by atoms with van der Waals surface area (Å²) < 4.78 is 13.0. The third-order valence-electron chi connectivity index (χ3n) is 5.23. The molecule has 0 bridgehead atoms.